The molecule has 17 nitrogen and oxygen atoms in total. The number of phosphoric ester groups is 2. The minimum atomic E-state index is -4.98. The predicted octanol–water partition coefficient (Wildman–Crippen LogP) is 21.9. The lowest BCUT2D eigenvalue weighted by Crippen LogP contribution is -2.30. The van der Waals surface area contributed by atoms with Gasteiger partial charge in [-0.3, -0.25) is 37.3 Å². The molecule has 0 aliphatic carbocycles. The summed E-state index contributed by atoms with van der Waals surface area (Å²) >= 11 is 0. The van der Waals surface area contributed by atoms with Crippen LogP contribution >= 0.6 is 15.6 Å². The largest absolute Gasteiger partial charge is 0.472 e. The summed E-state index contributed by atoms with van der Waals surface area (Å²) in [4.78, 5) is 72.8. The quantitative estimate of drug-likeness (QED) is 0.0169. The number of aliphatic hydroxyl groups excluding tert-OH is 1. The molecule has 2 unspecified atom stereocenters. The van der Waals surface area contributed by atoms with E-state index >= 15 is 0 Å². The van der Waals surface area contributed by atoms with Gasteiger partial charge in [0.2, 0.25) is 0 Å². The highest BCUT2D eigenvalue weighted by Crippen LogP contribution is 2.45. The first-order valence-electron chi connectivity index (χ1n) is 38.5. The summed E-state index contributed by atoms with van der Waals surface area (Å²) in [6.45, 7) is 4.81. The number of carbonyl (C=O) groups excluding carboxylic acids is 4. The molecule has 560 valence electrons. The van der Waals surface area contributed by atoms with E-state index in [-0.39, 0.29) is 25.7 Å². The second-order valence-electron chi connectivity index (χ2n) is 26.0. The van der Waals surface area contributed by atoms with Crippen molar-refractivity contribution in [2.45, 2.75) is 367 Å². The van der Waals surface area contributed by atoms with E-state index in [1.165, 1.54) is 154 Å². The Bertz CT molecular complexity index is 2060. The summed E-state index contributed by atoms with van der Waals surface area (Å²) in [6, 6.07) is 0. The Labute approximate surface area is 584 Å². The summed E-state index contributed by atoms with van der Waals surface area (Å²) in [6.07, 6.45) is 67.9. The zero-order valence-electron chi connectivity index (χ0n) is 61.1. The van der Waals surface area contributed by atoms with Crippen LogP contribution in [0.1, 0.15) is 349 Å². The van der Waals surface area contributed by atoms with Crippen LogP contribution in [0.4, 0.5) is 0 Å². The Morgan fingerprint density at radius 1 is 0.292 bits per heavy atom. The van der Waals surface area contributed by atoms with Gasteiger partial charge in [0.25, 0.3) is 0 Å². The van der Waals surface area contributed by atoms with Crippen molar-refractivity contribution in [1.29, 1.82) is 0 Å². The molecule has 0 bridgehead atoms. The van der Waals surface area contributed by atoms with Gasteiger partial charge in [-0.15, -0.1) is 0 Å². The molecule has 0 aromatic carbocycles. The number of allylic oxidation sites excluding steroid dienone is 10. The maximum atomic E-state index is 13.1. The molecular weight excluding hydrogens is 1260 g/mol. The van der Waals surface area contributed by atoms with Crippen LogP contribution in [-0.4, -0.2) is 96.7 Å². The normalized spacial score (nSPS) is 14.3. The number of hydrogen-bond donors (Lipinski definition) is 3. The Balaban J connectivity index is 5.36. The number of unbranched alkanes of at least 4 members (excludes halogenated alkanes) is 37. The molecule has 0 saturated heterocycles. The minimum Gasteiger partial charge on any atom is -0.462 e. The average molecular weight is 1400 g/mol. The van der Waals surface area contributed by atoms with E-state index in [1.54, 1.807) is 0 Å². The highest BCUT2D eigenvalue weighted by atomic mass is 31.2. The van der Waals surface area contributed by atoms with Crippen molar-refractivity contribution in [2.75, 3.05) is 39.6 Å². The van der Waals surface area contributed by atoms with Crippen LogP contribution in [0.15, 0.2) is 60.8 Å². The Kier molecular flexibility index (Phi) is 67.8. The molecule has 5 atom stereocenters. The average Bonchev–Trinajstić information content (AvgIpc) is 1.26. The third-order valence-electron chi connectivity index (χ3n) is 16.5. The third kappa shape index (κ3) is 69.2. The van der Waals surface area contributed by atoms with Crippen LogP contribution in [0.5, 0.6) is 0 Å². The molecule has 0 radical (unpaired) electrons. The molecular formula is C77H140O17P2. The molecule has 0 aliphatic heterocycles. The molecule has 0 heterocycles. The SMILES string of the molecule is CCCCC/C=C\C/C=C\C/C=C\C/C=C\CCCC(=O)O[C@H](COC(=O)CCCCCCC/C=C\CCCCCC)COP(=O)(O)OC[C@H](O)COP(=O)(O)OC[C@@H](COC(=O)CCCCCCCCCCCCCCC)OC(=O)CCCCCCCCCCCCCCC. The van der Waals surface area contributed by atoms with Gasteiger partial charge in [0.1, 0.15) is 19.3 Å². The Morgan fingerprint density at radius 2 is 0.521 bits per heavy atom. The zero-order chi connectivity index (χ0) is 70.4. The first-order chi connectivity index (χ1) is 46.7. The number of ether oxygens (including phenoxy) is 4. The van der Waals surface area contributed by atoms with Crippen LogP contribution in [0, 0.1) is 0 Å². The molecule has 0 fully saturated rings. The Hall–Kier alpha value is -3.24. The van der Waals surface area contributed by atoms with Crippen molar-refractivity contribution < 1.29 is 80.2 Å². The van der Waals surface area contributed by atoms with Gasteiger partial charge in [-0.2, -0.15) is 0 Å². The fourth-order valence-corrected chi connectivity index (χ4v) is 12.1. The third-order valence-corrected chi connectivity index (χ3v) is 18.4. The number of phosphoric acid groups is 2. The second kappa shape index (κ2) is 70.2. The van der Waals surface area contributed by atoms with Crippen molar-refractivity contribution in [3.8, 4) is 0 Å². The summed E-state index contributed by atoms with van der Waals surface area (Å²) in [7, 11) is -9.95. The second-order valence-corrected chi connectivity index (χ2v) is 28.9. The van der Waals surface area contributed by atoms with E-state index in [0.717, 1.165) is 109 Å². The van der Waals surface area contributed by atoms with Crippen molar-refractivity contribution >= 4 is 39.5 Å². The molecule has 96 heavy (non-hydrogen) atoms. The van der Waals surface area contributed by atoms with Crippen LogP contribution in [-0.2, 0) is 65.4 Å². The van der Waals surface area contributed by atoms with E-state index in [4.69, 9.17) is 37.0 Å². The van der Waals surface area contributed by atoms with E-state index in [0.29, 0.717) is 32.1 Å². The molecule has 0 rings (SSSR count). The van der Waals surface area contributed by atoms with Crippen molar-refractivity contribution in [3.63, 3.8) is 0 Å². The highest BCUT2D eigenvalue weighted by molar-refractivity contribution is 7.47. The number of esters is 4. The van der Waals surface area contributed by atoms with Crippen LogP contribution in [0.2, 0.25) is 0 Å². The van der Waals surface area contributed by atoms with Gasteiger partial charge in [0.05, 0.1) is 26.4 Å². The monoisotopic (exact) mass is 1400 g/mol. The highest BCUT2D eigenvalue weighted by Gasteiger charge is 2.30. The maximum Gasteiger partial charge on any atom is 0.472 e. The smallest absolute Gasteiger partial charge is 0.462 e. The Morgan fingerprint density at radius 3 is 0.865 bits per heavy atom. The zero-order valence-corrected chi connectivity index (χ0v) is 62.8. The minimum absolute atomic E-state index is 0.0213. The lowest BCUT2D eigenvalue weighted by molar-refractivity contribution is -0.161. The van der Waals surface area contributed by atoms with E-state index in [2.05, 4.69) is 76.3 Å². The van der Waals surface area contributed by atoms with Crippen LogP contribution in [0.3, 0.4) is 0 Å². The van der Waals surface area contributed by atoms with Crippen molar-refractivity contribution in [2.24, 2.45) is 0 Å². The summed E-state index contributed by atoms with van der Waals surface area (Å²) in [5.74, 6) is -2.22. The van der Waals surface area contributed by atoms with Gasteiger partial charge in [0.15, 0.2) is 12.2 Å². The molecule has 0 spiro atoms. The van der Waals surface area contributed by atoms with Crippen molar-refractivity contribution in [1.82, 2.24) is 0 Å². The topological polar surface area (TPSA) is 237 Å². The van der Waals surface area contributed by atoms with Gasteiger partial charge < -0.3 is 33.8 Å². The summed E-state index contributed by atoms with van der Waals surface area (Å²) < 4.78 is 68.4. The van der Waals surface area contributed by atoms with Crippen LogP contribution < -0.4 is 0 Å². The van der Waals surface area contributed by atoms with Gasteiger partial charge in [-0.1, -0.05) is 294 Å². The van der Waals surface area contributed by atoms with Crippen molar-refractivity contribution in [3.05, 3.63) is 60.8 Å². The van der Waals surface area contributed by atoms with E-state index in [1.807, 2.05) is 12.2 Å². The molecule has 19 heteroatoms. The molecule has 3 N–H and O–H groups in total. The standard InChI is InChI=1S/C77H140O17P2/c1-5-9-13-17-21-25-29-33-34-35-36-40-44-48-52-56-60-64-77(82)94-73(68-88-75(80)62-58-54-50-46-42-38-31-27-23-19-15-11-7-3)70-92-96(85,86)90-66-71(78)65-89-95(83,84)91-69-72(93-76(81)63-59-55-51-47-43-39-32-28-24-20-16-12-8-4)67-87-74(79)61-57-53-49-45-41-37-30-26-22-18-14-10-6-2/h21,25,27,31,33-34,36,40,48,52,71-73,78H,5-20,22-24,26,28-30,32,35,37-39,41-47,49-51,53-70H2,1-4H3,(H,83,84)(H,85,86)/b25-21-,31-27-,34-33-,40-36-,52-48-/t71-,72-,73-/m1/s1. The lowest BCUT2D eigenvalue weighted by Gasteiger charge is -2.21. The number of aliphatic hydroxyl groups is 1. The van der Waals surface area contributed by atoms with E-state index in [9.17, 15) is 43.2 Å². The first kappa shape index (κ1) is 92.8. The fraction of sp³-hybridized carbons (Fsp3) is 0.818. The van der Waals surface area contributed by atoms with Gasteiger partial charge in [0, 0.05) is 25.7 Å². The number of rotatable bonds is 73. The molecule has 0 amide bonds. The number of carbonyl (C=O) groups is 4. The molecule has 0 aliphatic rings. The molecule has 0 saturated carbocycles. The van der Waals surface area contributed by atoms with Gasteiger partial charge in [-0.05, 0) is 89.9 Å². The summed E-state index contributed by atoms with van der Waals surface area (Å²) in [5, 5.41) is 10.6. The van der Waals surface area contributed by atoms with Crippen LogP contribution in [0.25, 0.3) is 0 Å². The molecule has 0 aromatic heterocycles. The number of hydrogen-bond acceptors (Lipinski definition) is 15. The van der Waals surface area contributed by atoms with E-state index < -0.39 is 97.5 Å². The first-order valence-corrected chi connectivity index (χ1v) is 41.5. The fourth-order valence-electron chi connectivity index (χ4n) is 10.6. The summed E-state index contributed by atoms with van der Waals surface area (Å²) in [5.41, 5.74) is 0. The lowest BCUT2D eigenvalue weighted by atomic mass is 10.0. The maximum absolute atomic E-state index is 13.1. The molecule has 0 aromatic rings. The predicted molar refractivity (Wildman–Crippen MR) is 390 cm³/mol. The van der Waals surface area contributed by atoms with Gasteiger partial charge >= 0.3 is 39.5 Å². The van der Waals surface area contributed by atoms with Gasteiger partial charge in [-0.25, -0.2) is 9.13 Å².